The van der Waals surface area contributed by atoms with Gasteiger partial charge >= 0.3 is 0 Å². The number of piperidine rings is 1. The van der Waals surface area contributed by atoms with Crippen LogP contribution in [0.4, 0.5) is 8.78 Å². The maximum Gasteiger partial charge on any atom is 0.264 e. The van der Waals surface area contributed by atoms with Gasteiger partial charge in [0.05, 0.1) is 12.7 Å². The molecule has 5 rings (SSSR count). The summed E-state index contributed by atoms with van der Waals surface area (Å²) < 4.78 is 43.1. The van der Waals surface area contributed by atoms with E-state index in [1.54, 1.807) is 12.1 Å². The third-order valence-corrected chi connectivity index (χ3v) is 7.69. The van der Waals surface area contributed by atoms with Gasteiger partial charge in [-0.3, -0.25) is 14.4 Å². The fraction of sp³-hybridized carbons (Fsp3) is 0.500. The van der Waals surface area contributed by atoms with Gasteiger partial charge in [0, 0.05) is 24.4 Å². The van der Waals surface area contributed by atoms with Gasteiger partial charge in [0.2, 0.25) is 0 Å². The summed E-state index contributed by atoms with van der Waals surface area (Å²) in [6.07, 6.45) is 5.99. The highest BCUT2D eigenvalue weighted by molar-refractivity contribution is 7.98. The Morgan fingerprint density at radius 2 is 1.91 bits per heavy atom. The van der Waals surface area contributed by atoms with E-state index in [0.717, 1.165) is 56.2 Å². The zero-order valence-corrected chi connectivity index (χ0v) is 20.1. The Kier molecular flexibility index (Phi) is 6.97. The van der Waals surface area contributed by atoms with E-state index in [0.29, 0.717) is 30.0 Å². The Morgan fingerprint density at radius 3 is 2.62 bits per heavy atom. The van der Waals surface area contributed by atoms with E-state index in [-0.39, 0.29) is 29.1 Å². The molecule has 182 valence electrons. The number of ether oxygens (including phenoxy) is 2. The maximum absolute atomic E-state index is 14.9. The van der Waals surface area contributed by atoms with Gasteiger partial charge in [0.1, 0.15) is 17.7 Å². The normalized spacial score (nSPS) is 20.7. The highest BCUT2D eigenvalue weighted by atomic mass is 32.2. The van der Waals surface area contributed by atoms with Crippen LogP contribution < -0.4 is 14.2 Å². The average molecular weight is 489 g/mol. The van der Waals surface area contributed by atoms with E-state index < -0.39 is 5.82 Å². The molecule has 2 aromatic rings. The average Bonchev–Trinajstić information content (AvgIpc) is 3.73. The standard InChI is InChI=1S/C26H30F2N2O3S/c1-32-24-9-4-16(11-23(24)28)14-30-10-2-3-18(15-30)33-25-13-22(27)21(12-20(25)17-5-6-17)26(31)29-34-19-7-8-19/h4,9,11-13,17-19H,2-3,5-8,10,14-15H2,1H3,(H,29,31). The molecule has 2 aromatic carbocycles. The first-order valence-corrected chi connectivity index (χ1v) is 12.9. The molecule has 0 radical (unpaired) electrons. The quantitative estimate of drug-likeness (QED) is 0.477. The minimum Gasteiger partial charge on any atom is -0.494 e. The zero-order valence-electron chi connectivity index (χ0n) is 19.3. The first-order chi connectivity index (χ1) is 16.5. The molecule has 0 aromatic heterocycles. The van der Waals surface area contributed by atoms with Gasteiger partial charge in [-0.25, -0.2) is 8.78 Å². The van der Waals surface area contributed by atoms with E-state index in [1.807, 2.05) is 6.07 Å². The molecule has 34 heavy (non-hydrogen) atoms. The molecule has 5 nitrogen and oxygen atoms in total. The Hall–Kier alpha value is -2.32. The fourth-order valence-electron chi connectivity index (χ4n) is 4.44. The second kappa shape index (κ2) is 10.1. The molecular weight excluding hydrogens is 458 g/mol. The molecule has 3 fully saturated rings. The van der Waals surface area contributed by atoms with Crippen molar-refractivity contribution in [1.82, 2.24) is 9.62 Å². The lowest BCUT2D eigenvalue weighted by atomic mass is 10.0. The largest absolute Gasteiger partial charge is 0.494 e. The zero-order chi connectivity index (χ0) is 23.7. The summed E-state index contributed by atoms with van der Waals surface area (Å²) in [4.78, 5) is 14.8. The number of carbonyl (C=O) groups is 1. The third-order valence-electron chi connectivity index (χ3n) is 6.58. The van der Waals surface area contributed by atoms with E-state index >= 15 is 0 Å². The summed E-state index contributed by atoms with van der Waals surface area (Å²) in [6.45, 7) is 2.19. The lowest BCUT2D eigenvalue weighted by Crippen LogP contribution is -2.40. The van der Waals surface area contributed by atoms with Crippen molar-refractivity contribution >= 4 is 17.9 Å². The van der Waals surface area contributed by atoms with E-state index in [1.165, 1.54) is 31.2 Å². The smallest absolute Gasteiger partial charge is 0.264 e. The Morgan fingerprint density at radius 1 is 1.09 bits per heavy atom. The number of rotatable bonds is 9. The van der Waals surface area contributed by atoms with Gasteiger partial charge < -0.3 is 9.47 Å². The van der Waals surface area contributed by atoms with Crippen molar-refractivity contribution in [3.05, 3.63) is 58.7 Å². The van der Waals surface area contributed by atoms with Gasteiger partial charge in [0.25, 0.3) is 5.91 Å². The molecule has 2 aliphatic carbocycles. The fourth-order valence-corrected chi connectivity index (χ4v) is 5.19. The van der Waals surface area contributed by atoms with Crippen molar-refractivity contribution in [3.63, 3.8) is 0 Å². The van der Waals surface area contributed by atoms with E-state index in [4.69, 9.17) is 9.47 Å². The minimum absolute atomic E-state index is 0.0844. The molecule has 0 bridgehead atoms. The number of nitrogens with one attached hydrogen (secondary N) is 1. The molecule has 1 aliphatic heterocycles. The number of nitrogens with zero attached hydrogens (tertiary/aromatic N) is 1. The van der Waals surface area contributed by atoms with Crippen LogP contribution in [0.25, 0.3) is 0 Å². The molecule has 1 saturated heterocycles. The first-order valence-electron chi connectivity index (χ1n) is 12.0. The number of hydrogen-bond acceptors (Lipinski definition) is 5. The first kappa shape index (κ1) is 23.4. The van der Waals surface area contributed by atoms with Crippen LogP contribution in [0.3, 0.4) is 0 Å². The van der Waals surface area contributed by atoms with Crippen molar-refractivity contribution in [1.29, 1.82) is 0 Å². The maximum atomic E-state index is 14.9. The number of carbonyl (C=O) groups excluding carboxylic acids is 1. The summed E-state index contributed by atoms with van der Waals surface area (Å²) in [6, 6.07) is 8.11. The number of methoxy groups -OCH3 is 1. The predicted molar refractivity (Wildman–Crippen MR) is 128 cm³/mol. The molecule has 1 heterocycles. The summed E-state index contributed by atoms with van der Waals surface area (Å²) in [5, 5.41) is 0.459. The summed E-state index contributed by atoms with van der Waals surface area (Å²) in [7, 11) is 1.45. The van der Waals surface area contributed by atoms with Crippen molar-refractivity contribution in [2.45, 2.75) is 62.3 Å². The van der Waals surface area contributed by atoms with E-state index in [2.05, 4.69) is 9.62 Å². The molecular formula is C26H30F2N2O3S. The van der Waals surface area contributed by atoms with Crippen LogP contribution in [0.1, 0.15) is 65.9 Å². The monoisotopic (exact) mass is 488 g/mol. The van der Waals surface area contributed by atoms with Crippen LogP contribution in [-0.2, 0) is 6.54 Å². The lowest BCUT2D eigenvalue weighted by Gasteiger charge is -2.33. The van der Waals surface area contributed by atoms with Gasteiger partial charge in [0.15, 0.2) is 11.6 Å². The second-order valence-electron chi connectivity index (χ2n) is 9.48. The highest BCUT2D eigenvalue weighted by Gasteiger charge is 2.32. The van der Waals surface area contributed by atoms with Crippen LogP contribution in [-0.4, -0.2) is 42.4 Å². The number of amides is 1. The SMILES string of the molecule is COc1ccc(CN2CCCC(Oc3cc(F)c(C(=O)NSC4CC4)cc3C3CC3)C2)cc1F. The molecule has 0 spiro atoms. The van der Waals surface area contributed by atoms with Crippen molar-refractivity contribution in [3.8, 4) is 11.5 Å². The second-order valence-corrected chi connectivity index (χ2v) is 10.6. The Labute approximate surface area is 203 Å². The van der Waals surface area contributed by atoms with Crippen LogP contribution in [0.15, 0.2) is 30.3 Å². The number of likely N-dealkylation sites (tertiary alicyclic amines) is 1. The Balaban J connectivity index is 1.26. The van der Waals surface area contributed by atoms with Gasteiger partial charge in [-0.1, -0.05) is 6.07 Å². The van der Waals surface area contributed by atoms with Crippen molar-refractivity contribution in [2.24, 2.45) is 0 Å². The van der Waals surface area contributed by atoms with Crippen LogP contribution in [0.5, 0.6) is 11.5 Å². The third kappa shape index (κ3) is 5.66. The lowest BCUT2D eigenvalue weighted by molar-refractivity contribution is 0.0832. The van der Waals surface area contributed by atoms with E-state index in [9.17, 15) is 13.6 Å². The highest BCUT2D eigenvalue weighted by Crippen LogP contribution is 2.45. The molecule has 3 aliphatic rings. The summed E-state index contributed by atoms with van der Waals surface area (Å²) >= 11 is 1.39. The molecule has 2 saturated carbocycles. The van der Waals surface area contributed by atoms with Crippen LogP contribution in [0, 0.1) is 11.6 Å². The molecule has 1 unspecified atom stereocenters. The van der Waals surface area contributed by atoms with Gasteiger partial charge in [-0.05, 0) is 92.3 Å². The van der Waals surface area contributed by atoms with Crippen molar-refractivity contribution < 1.29 is 23.0 Å². The summed E-state index contributed by atoms with van der Waals surface area (Å²) in [5.41, 5.74) is 1.90. The van der Waals surface area contributed by atoms with Gasteiger partial charge in [-0.2, -0.15) is 0 Å². The minimum atomic E-state index is -0.547. The van der Waals surface area contributed by atoms with Crippen LogP contribution in [0.2, 0.25) is 0 Å². The summed E-state index contributed by atoms with van der Waals surface area (Å²) in [5.74, 6) is -0.183. The topological polar surface area (TPSA) is 50.8 Å². The molecule has 8 heteroatoms. The number of halogens is 2. The van der Waals surface area contributed by atoms with Crippen molar-refractivity contribution in [2.75, 3.05) is 20.2 Å². The molecule has 1 N–H and O–H groups in total. The number of benzene rings is 2. The van der Waals surface area contributed by atoms with Gasteiger partial charge in [-0.15, -0.1) is 0 Å². The number of hydrogen-bond donors (Lipinski definition) is 1. The predicted octanol–water partition coefficient (Wildman–Crippen LogP) is 5.43. The molecule has 1 atom stereocenters. The molecule has 1 amide bonds. The Bertz CT molecular complexity index is 1060. The van der Waals surface area contributed by atoms with Crippen LogP contribution >= 0.6 is 11.9 Å².